The molecule has 1 heterocycles. The Morgan fingerprint density at radius 1 is 0.513 bits per heavy atom. The smallest absolute Gasteiger partial charge is 0.243 e. The minimum atomic E-state index is -1.17. The zero-order chi connectivity index (χ0) is 29.0. The summed E-state index contributed by atoms with van der Waals surface area (Å²) in [6, 6.07) is -3.45. The molecule has 0 unspecified atom stereocenters. The van der Waals surface area contributed by atoms with Crippen LogP contribution < -0.4 is 48.3 Å². The second-order valence-electron chi connectivity index (χ2n) is 8.66. The van der Waals surface area contributed by atoms with Crippen LogP contribution in [-0.2, 0) is 28.8 Å². The van der Waals surface area contributed by atoms with E-state index in [4.69, 9.17) is 15.6 Å². The van der Waals surface area contributed by atoms with Gasteiger partial charge in [-0.3, -0.25) is 28.8 Å². The van der Waals surface area contributed by atoms with Crippen LogP contribution in [0.5, 0.6) is 0 Å². The summed E-state index contributed by atoms with van der Waals surface area (Å²) in [7, 11) is 0. The molecule has 6 amide bonds. The topological polar surface area (TPSA) is 271 Å². The van der Waals surface area contributed by atoms with Crippen molar-refractivity contribution in [3.8, 4) is 0 Å². The molecule has 0 aromatic heterocycles. The van der Waals surface area contributed by atoms with Crippen LogP contribution in [0, 0.1) is 0 Å². The molecule has 1 fully saturated rings. The fourth-order valence-electron chi connectivity index (χ4n) is 3.53. The van der Waals surface area contributed by atoms with Crippen molar-refractivity contribution >= 4 is 35.4 Å². The SMILES string of the molecule is O=C1CNC(=O)CNC(=O)[C@@H](CCCNO)NC(=O)[C@H](CCCNO)NC(=O)[C@H](CCCNO)NC(=O)CN1. The third-order valence-electron chi connectivity index (χ3n) is 5.58. The lowest BCUT2D eigenvalue weighted by atomic mass is 10.1. The first-order valence-electron chi connectivity index (χ1n) is 12.5. The van der Waals surface area contributed by atoms with Gasteiger partial charge in [0.2, 0.25) is 35.4 Å². The van der Waals surface area contributed by atoms with Gasteiger partial charge in [0.15, 0.2) is 0 Å². The predicted molar refractivity (Wildman–Crippen MR) is 132 cm³/mol. The molecule has 0 saturated carbocycles. The van der Waals surface area contributed by atoms with E-state index in [-0.39, 0.29) is 58.2 Å². The highest BCUT2D eigenvalue weighted by Crippen LogP contribution is 2.05. The van der Waals surface area contributed by atoms with Crippen LogP contribution in [-0.4, -0.2) is 108 Å². The predicted octanol–water partition coefficient (Wildman–Crippen LogP) is -4.92. The van der Waals surface area contributed by atoms with E-state index >= 15 is 0 Å². The normalized spacial score (nSPS) is 22.4. The van der Waals surface area contributed by atoms with Gasteiger partial charge in [-0.05, 0) is 38.5 Å². The Bertz CT molecular complexity index is 823. The van der Waals surface area contributed by atoms with Gasteiger partial charge in [0.1, 0.15) is 18.1 Å². The molecule has 39 heavy (non-hydrogen) atoms. The Hall–Kier alpha value is -3.42. The van der Waals surface area contributed by atoms with Gasteiger partial charge in [0, 0.05) is 19.6 Å². The molecule has 12 N–H and O–H groups in total. The maximum Gasteiger partial charge on any atom is 0.243 e. The van der Waals surface area contributed by atoms with Gasteiger partial charge in [-0.2, -0.15) is 0 Å². The first-order valence-corrected chi connectivity index (χ1v) is 12.5. The van der Waals surface area contributed by atoms with Gasteiger partial charge in [0.25, 0.3) is 0 Å². The summed E-state index contributed by atoms with van der Waals surface area (Å²) in [6.45, 7) is -1.14. The number of hydroxylamine groups is 3. The Morgan fingerprint density at radius 2 is 0.872 bits per heavy atom. The van der Waals surface area contributed by atoms with Crippen molar-refractivity contribution in [3.63, 3.8) is 0 Å². The zero-order valence-electron chi connectivity index (χ0n) is 21.5. The van der Waals surface area contributed by atoms with Crippen molar-refractivity contribution in [1.29, 1.82) is 0 Å². The minimum absolute atomic E-state index is 0.0506. The number of hydrogen-bond acceptors (Lipinski definition) is 12. The first kappa shape index (κ1) is 33.6. The van der Waals surface area contributed by atoms with E-state index in [9.17, 15) is 28.8 Å². The van der Waals surface area contributed by atoms with Gasteiger partial charge < -0.3 is 47.5 Å². The third-order valence-corrected chi connectivity index (χ3v) is 5.58. The van der Waals surface area contributed by atoms with Gasteiger partial charge in [-0.15, -0.1) is 0 Å². The number of carbonyl (C=O) groups is 6. The summed E-state index contributed by atoms with van der Waals surface area (Å²) in [5.74, 6) is -4.23. The van der Waals surface area contributed by atoms with E-state index in [0.717, 1.165) is 0 Å². The molecule has 1 aliphatic heterocycles. The Labute approximate surface area is 224 Å². The maximum atomic E-state index is 13.2. The molecule has 1 rings (SSSR count). The molecule has 0 aromatic rings. The van der Waals surface area contributed by atoms with Crippen LogP contribution >= 0.6 is 0 Å². The summed E-state index contributed by atoms with van der Waals surface area (Å²) in [6.07, 6.45) is 0.966. The monoisotopic (exact) mass is 561 g/mol. The van der Waals surface area contributed by atoms with Crippen molar-refractivity contribution in [2.75, 3.05) is 39.3 Å². The van der Waals surface area contributed by atoms with E-state index < -0.39 is 73.2 Å². The summed E-state index contributed by atoms with van der Waals surface area (Å²) in [5.41, 5.74) is 5.83. The number of nitrogens with one attached hydrogen (secondary N) is 9. The highest BCUT2D eigenvalue weighted by atomic mass is 16.5. The Balaban J connectivity index is 3.20. The van der Waals surface area contributed by atoms with E-state index in [0.29, 0.717) is 0 Å². The Kier molecular flexibility index (Phi) is 16.9. The molecular formula is C21H39N9O9. The highest BCUT2D eigenvalue weighted by molar-refractivity contribution is 5.96. The zero-order valence-corrected chi connectivity index (χ0v) is 21.5. The average Bonchev–Trinajstić information content (AvgIpc) is 2.91. The molecule has 0 aliphatic carbocycles. The van der Waals surface area contributed by atoms with Crippen molar-refractivity contribution in [2.24, 2.45) is 0 Å². The van der Waals surface area contributed by atoms with Gasteiger partial charge in [0.05, 0.1) is 19.6 Å². The van der Waals surface area contributed by atoms with Crippen LogP contribution in [0.25, 0.3) is 0 Å². The molecule has 1 saturated heterocycles. The van der Waals surface area contributed by atoms with Crippen molar-refractivity contribution in [1.82, 2.24) is 48.3 Å². The van der Waals surface area contributed by atoms with Crippen LogP contribution in [0.15, 0.2) is 0 Å². The van der Waals surface area contributed by atoms with E-state index in [2.05, 4.69) is 31.9 Å². The van der Waals surface area contributed by atoms with Crippen LogP contribution in [0.1, 0.15) is 38.5 Å². The van der Waals surface area contributed by atoms with Gasteiger partial charge >= 0.3 is 0 Å². The summed E-state index contributed by atoms with van der Waals surface area (Å²) in [4.78, 5) is 75.4. The second-order valence-corrected chi connectivity index (χ2v) is 8.66. The van der Waals surface area contributed by atoms with Gasteiger partial charge in [-0.1, -0.05) is 0 Å². The molecule has 0 bridgehead atoms. The van der Waals surface area contributed by atoms with E-state index in [1.165, 1.54) is 0 Å². The standard InChI is InChI=1S/C21H39N9O9/c31-16-10-22-17(32)11-24-19(34)13(4-1-7-25-37)29-21(36)15(6-3-9-27-39)30-20(35)14(5-2-8-26-38)28-18(33)12-23-16/h13-15,25-27,37-39H,1-12H2,(H,22,32)(H,23,31)(H,24,34)(H,28,33)(H,29,36)(H,30,35)/t13-,14+,15+/m1/s1. The minimum Gasteiger partial charge on any atom is -0.346 e. The van der Waals surface area contributed by atoms with Crippen LogP contribution in [0.3, 0.4) is 0 Å². The summed E-state index contributed by atoms with van der Waals surface area (Å²) in [5, 5.41) is 41.1. The third kappa shape index (κ3) is 14.3. The fourth-order valence-corrected chi connectivity index (χ4v) is 3.53. The molecule has 3 atom stereocenters. The lowest BCUT2D eigenvalue weighted by Gasteiger charge is -2.25. The molecule has 18 nitrogen and oxygen atoms in total. The fraction of sp³-hybridized carbons (Fsp3) is 0.714. The Morgan fingerprint density at radius 3 is 1.31 bits per heavy atom. The second kappa shape index (κ2) is 19.6. The quantitative estimate of drug-likeness (QED) is 0.0789. The average molecular weight is 562 g/mol. The summed E-state index contributed by atoms with van der Waals surface area (Å²) >= 11 is 0. The number of rotatable bonds is 12. The lowest BCUT2D eigenvalue weighted by Crippen LogP contribution is -2.58. The van der Waals surface area contributed by atoms with E-state index in [1.807, 2.05) is 16.4 Å². The van der Waals surface area contributed by atoms with Crippen molar-refractivity contribution in [2.45, 2.75) is 56.7 Å². The van der Waals surface area contributed by atoms with Crippen molar-refractivity contribution in [3.05, 3.63) is 0 Å². The molecular weight excluding hydrogens is 522 g/mol. The van der Waals surface area contributed by atoms with E-state index in [1.54, 1.807) is 0 Å². The maximum absolute atomic E-state index is 13.2. The molecule has 0 radical (unpaired) electrons. The molecule has 0 spiro atoms. The largest absolute Gasteiger partial charge is 0.346 e. The molecule has 222 valence electrons. The number of carbonyl (C=O) groups excluding carboxylic acids is 6. The number of amides is 6. The summed E-state index contributed by atoms with van der Waals surface area (Å²) < 4.78 is 0. The highest BCUT2D eigenvalue weighted by Gasteiger charge is 2.29. The van der Waals surface area contributed by atoms with Gasteiger partial charge in [-0.25, -0.2) is 16.4 Å². The van der Waals surface area contributed by atoms with Crippen molar-refractivity contribution < 1.29 is 44.4 Å². The van der Waals surface area contributed by atoms with Crippen LogP contribution in [0.2, 0.25) is 0 Å². The lowest BCUT2D eigenvalue weighted by molar-refractivity contribution is -0.134. The van der Waals surface area contributed by atoms with Crippen LogP contribution in [0.4, 0.5) is 0 Å². The first-order chi connectivity index (χ1) is 18.7. The molecule has 18 heteroatoms. The number of hydrogen-bond donors (Lipinski definition) is 12. The molecule has 0 aromatic carbocycles. The molecule has 1 aliphatic rings.